The topological polar surface area (TPSA) is 20.2 Å². The molecule has 2 heteroatoms. The Balaban J connectivity index is 2.37. The van der Waals surface area contributed by atoms with Crippen LogP contribution in [0.4, 0.5) is 0 Å². The molecule has 1 atom stereocenters. The van der Waals surface area contributed by atoms with Crippen LogP contribution in [0.15, 0.2) is 66.8 Å². The first-order chi connectivity index (χ1) is 13.0. The van der Waals surface area contributed by atoms with Gasteiger partial charge in [0.05, 0.1) is 0 Å². The Hall–Kier alpha value is -1.85. The summed E-state index contributed by atoms with van der Waals surface area (Å²) < 4.78 is 0. The van der Waals surface area contributed by atoms with Gasteiger partial charge >= 0.3 is 0 Å². The van der Waals surface area contributed by atoms with Crippen LogP contribution in [0.3, 0.4) is 0 Å². The maximum absolute atomic E-state index is 11.5. The second-order valence-corrected chi connectivity index (χ2v) is 12.3. The summed E-state index contributed by atoms with van der Waals surface area (Å²) in [5, 5.41) is 13.7. The summed E-state index contributed by atoms with van der Waals surface area (Å²) >= 11 is 0. The summed E-state index contributed by atoms with van der Waals surface area (Å²) in [6.07, 6.45) is 9.04. The van der Waals surface area contributed by atoms with Crippen LogP contribution in [0.25, 0.3) is 0 Å². The predicted octanol–water partition coefficient (Wildman–Crippen LogP) is 6.34. The molecule has 28 heavy (non-hydrogen) atoms. The smallest absolute Gasteiger partial charge is 0.127 e. The lowest BCUT2D eigenvalue weighted by Gasteiger charge is -2.46. The van der Waals surface area contributed by atoms with Gasteiger partial charge in [0.15, 0.2) is 0 Å². The molecule has 1 aliphatic carbocycles. The number of hydrogen-bond donors (Lipinski definition) is 1. The third-order valence-corrected chi connectivity index (χ3v) is 9.03. The molecule has 3 rings (SSSR count). The summed E-state index contributed by atoms with van der Waals surface area (Å²) in [7, 11) is -0.848. The second-order valence-electron chi connectivity index (χ2n) is 9.89. The van der Waals surface area contributed by atoms with Gasteiger partial charge in [-0.3, -0.25) is 0 Å². The van der Waals surface area contributed by atoms with Crippen molar-refractivity contribution in [3.63, 3.8) is 0 Å². The molecular formula is C26H33OP. The molecule has 0 saturated heterocycles. The molecule has 1 N–H and O–H groups in total. The van der Waals surface area contributed by atoms with E-state index in [1.807, 2.05) is 0 Å². The minimum absolute atomic E-state index is 0.0100. The Morgan fingerprint density at radius 2 is 1.43 bits per heavy atom. The van der Waals surface area contributed by atoms with Crippen LogP contribution in [0, 0.1) is 12.3 Å². The van der Waals surface area contributed by atoms with Gasteiger partial charge in [-0.1, -0.05) is 102 Å². The molecular weight excluding hydrogens is 359 g/mol. The lowest BCUT2D eigenvalue weighted by atomic mass is 9.81. The van der Waals surface area contributed by atoms with Crippen LogP contribution < -0.4 is 10.6 Å². The average molecular weight is 393 g/mol. The van der Waals surface area contributed by atoms with E-state index in [2.05, 4.69) is 115 Å². The van der Waals surface area contributed by atoms with E-state index in [1.165, 1.54) is 10.9 Å². The van der Waals surface area contributed by atoms with Crippen LogP contribution in [-0.4, -0.2) is 10.3 Å². The molecule has 0 amide bonds. The van der Waals surface area contributed by atoms with Crippen molar-refractivity contribution >= 4 is 18.5 Å². The van der Waals surface area contributed by atoms with Gasteiger partial charge < -0.3 is 5.11 Å². The Morgan fingerprint density at radius 3 is 1.93 bits per heavy atom. The van der Waals surface area contributed by atoms with E-state index in [0.717, 1.165) is 10.9 Å². The highest BCUT2D eigenvalue weighted by atomic mass is 31.1. The number of aryl methyl sites for hydroxylation is 1. The molecule has 0 aromatic heterocycles. The number of hydrogen-bond acceptors (Lipinski definition) is 1. The average Bonchev–Trinajstić information content (AvgIpc) is 3.08. The Labute approximate surface area is 172 Å². The van der Waals surface area contributed by atoms with E-state index < -0.39 is 7.92 Å². The van der Waals surface area contributed by atoms with Gasteiger partial charge in [-0.05, 0) is 42.6 Å². The van der Waals surface area contributed by atoms with Crippen molar-refractivity contribution in [1.29, 1.82) is 0 Å². The first-order valence-corrected chi connectivity index (χ1v) is 11.4. The standard InChI is InChI=1S/C26H33OP/c1-19-17-21(24(2,3)4)23(27)22(18-19)28(20-13-9-8-10-14-20)26(25(5,6)7)15-11-12-16-26/h8-18,27H,1-7H3. The van der Waals surface area contributed by atoms with Gasteiger partial charge in [0, 0.05) is 16.0 Å². The van der Waals surface area contributed by atoms with Gasteiger partial charge in [-0.25, -0.2) is 0 Å². The van der Waals surface area contributed by atoms with Gasteiger partial charge in [0.1, 0.15) is 5.75 Å². The molecule has 0 spiro atoms. The molecule has 0 bridgehead atoms. The summed E-state index contributed by atoms with van der Waals surface area (Å²) in [5.41, 5.74) is 2.13. The fourth-order valence-electron chi connectivity index (χ4n) is 4.08. The SMILES string of the molecule is Cc1cc(P(c2ccccc2)C2(C(C)(C)C)C=CC=C2)c(O)c(C(C)(C)C)c1. The molecule has 1 aliphatic rings. The molecule has 0 radical (unpaired) electrons. The van der Waals surface area contributed by atoms with Crippen molar-refractivity contribution < 1.29 is 5.11 Å². The molecule has 0 fully saturated rings. The second kappa shape index (κ2) is 7.20. The first kappa shape index (κ1) is 20.9. The lowest BCUT2D eigenvalue weighted by molar-refractivity contribution is 0.372. The number of benzene rings is 2. The van der Waals surface area contributed by atoms with E-state index in [9.17, 15) is 5.11 Å². The van der Waals surface area contributed by atoms with Crippen molar-refractivity contribution in [3.8, 4) is 5.75 Å². The molecule has 0 heterocycles. The number of rotatable bonds is 3. The van der Waals surface area contributed by atoms with Crippen LogP contribution in [0.1, 0.15) is 52.7 Å². The fraction of sp³-hybridized carbons (Fsp3) is 0.385. The minimum Gasteiger partial charge on any atom is -0.507 e. The monoisotopic (exact) mass is 392 g/mol. The fourth-order valence-corrected chi connectivity index (χ4v) is 7.46. The van der Waals surface area contributed by atoms with E-state index in [1.54, 1.807) is 0 Å². The highest BCUT2D eigenvalue weighted by Gasteiger charge is 2.47. The van der Waals surface area contributed by atoms with Crippen molar-refractivity contribution in [1.82, 2.24) is 0 Å². The highest BCUT2D eigenvalue weighted by Crippen LogP contribution is 2.61. The zero-order valence-electron chi connectivity index (χ0n) is 18.2. The Bertz CT molecular complexity index is 896. The summed E-state index contributed by atoms with van der Waals surface area (Å²) in [6, 6.07) is 15.1. The zero-order valence-corrected chi connectivity index (χ0v) is 19.1. The number of aromatic hydroxyl groups is 1. The van der Waals surface area contributed by atoms with E-state index in [4.69, 9.17) is 0 Å². The summed E-state index contributed by atoms with van der Waals surface area (Å²) in [6.45, 7) is 15.6. The molecule has 2 aromatic carbocycles. The largest absolute Gasteiger partial charge is 0.507 e. The maximum Gasteiger partial charge on any atom is 0.127 e. The van der Waals surface area contributed by atoms with Crippen LogP contribution in [0.2, 0.25) is 0 Å². The molecule has 148 valence electrons. The van der Waals surface area contributed by atoms with Crippen molar-refractivity contribution in [2.24, 2.45) is 5.41 Å². The summed E-state index contributed by atoms with van der Waals surface area (Å²) in [4.78, 5) is 0. The van der Waals surface area contributed by atoms with Crippen molar-refractivity contribution in [3.05, 3.63) is 77.9 Å². The first-order valence-electron chi connectivity index (χ1n) is 10.0. The normalized spacial score (nSPS) is 17.1. The van der Waals surface area contributed by atoms with Crippen LogP contribution in [0.5, 0.6) is 5.75 Å². The highest BCUT2D eigenvalue weighted by molar-refractivity contribution is 7.75. The molecule has 1 nitrogen and oxygen atoms in total. The van der Waals surface area contributed by atoms with E-state index in [0.29, 0.717) is 5.75 Å². The minimum atomic E-state index is -0.848. The third kappa shape index (κ3) is 3.58. The quantitative estimate of drug-likeness (QED) is 0.604. The predicted molar refractivity (Wildman–Crippen MR) is 125 cm³/mol. The van der Waals surface area contributed by atoms with Gasteiger partial charge in [0.25, 0.3) is 0 Å². The third-order valence-electron chi connectivity index (χ3n) is 5.68. The van der Waals surface area contributed by atoms with Gasteiger partial charge in [-0.2, -0.15) is 0 Å². The molecule has 0 aliphatic heterocycles. The summed E-state index contributed by atoms with van der Waals surface area (Å²) in [5.74, 6) is 0.463. The maximum atomic E-state index is 11.5. The van der Waals surface area contributed by atoms with E-state index >= 15 is 0 Å². The Kier molecular flexibility index (Phi) is 5.36. The van der Waals surface area contributed by atoms with Crippen molar-refractivity contribution in [2.75, 3.05) is 0 Å². The molecule has 2 aromatic rings. The number of phenols is 1. The van der Waals surface area contributed by atoms with E-state index in [-0.39, 0.29) is 16.0 Å². The van der Waals surface area contributed by atoms with Crippen molar-refractivity contribution in [2.45, 2.75) is 59.0 Å². The van der Waals surface area contributed by atoms with Gasteiger partial charge in [0.2, 0.25) is 0 Å². The van der Waals surface area contributed by atoms with Crippen LogP contribution in [-0.2, 0) is 5.41 Å². The molecule has 1 unspecified atom stereocenters. The lowest BCUT2D eigenvalue weighted by Crippen LogP contribution is -2.42. The van der Waals surface area contributed by atoms with Crippen LogP contribution >= 0.6 is 7.92 Å². The number of allylic oxidation sites excluding steroid dienone is 4. The Morgan fingerprint density at radius 1 is 0.857 bits per heavy atom. The number of phenolic OH excluding ortho intramolecular Hbond substituents is 1. The molecule has 0 saturated carbocycles. The zero-order chi connectivity index (χ0) is 20.7. The van der Waals surface area contributed by atoms with Gasteiger partial charge in [-0.15, -0.1) is 0 Å².